The Morgan fingerprint density at radius 3 is 2.64 bits per heavy atom. The van der Waals surface area contributed by atoms with Crippen LogP contribution in [0.25, 0.3) is 10.9 Å². The third-order valence-electron chi connectivity index (χ3n) is 4.00. The zero-order valence-electron chi connectivity index (χ0n) is 11.9. The molecule has 1 aliphatic rings. The summed E-state index contributed by atoms with van der Waals surface area (Å²) in [6.45, 7) is 1.99. The highest BCUT2D eigenvalue weighted by Gasteiger charge is 2.41. The van der Waals surface area contributed by atoms with E-state index in [0.717, 1.165) is 16.5 Å². The molecule has 0 saturated heterocycles. The molecule has 0 amide bonds. The van der Waals surface area contributed by atoms with Crippen LogP contribution in [0.15, 0.2) is 48.7 Å². The van der Waals surface area contributed by atoms with Gasteiger partial charge in [0, 0.05) is 17.1 Å². The maximum absolute atomic E-state index is 12.5. The van der Waals surface area contributed by atoms with Crippen LogP contribution in [0.3, 0.4) is 0 Å². The lowest BCUT2D eigenvalue weighted by Crippen LogP contribution is -2.14. The summed E-state index contributed by atoms with van der Waals surface area (Å²) in [5, 5.41) is 0.989. The fourth-order valence-corrected chi connectivity index (χ4v) is 2.88. The van der Waals surface area contributed by atoms with Crippen molar-refractivity contribution in [2.75, 3.05) is 0 Å². The molecular weight excluding hydrogens is 276 g/mol. The van der Waals surface area contributed by atoms with Crippen molar-refractivity contribution in [1.82, 2.24) is 9.97 Å². The number of benzene rings is 1. The molecule has 1 aromatic carbocycles. The number of carbonyl (C=O) groups excluding carboxylic acids is 2. The van der Waals surface area contributed by atoms with Gasteiger partial charge >= 0.3 is 0 Å². The van der Waals surface area contributed by atoms with Crippen molar-refractivity contribution >= 4 is 22.5 Å². The fourth-order valence-electron chi connectivity index (χ4n) is 2.88. The van der Waals surface area contributed by atoms with Gasteiger partial charge in [0.2, 0.25) is 0 Å². The summed E-state index contributed by atoms with van der Waals surface area (Å²) >= 11 is 0. The molecule has 22 heavy (non-hydrogen) atoms. The van der Waals surface area contributed by atoms with Gasteiger partial charge in [0.1, 0.15) is 11.6 Å². The Labute approximate surface area is 126 Å². The quantitative estimate of drug-likeness (QED) is 0.646. The Hall–Kier alpha value is -2.88. The fraction of sp³-hybridized carbons (Fsp3) is 0.111. The van der Waals surface area contributed by atoms with Crippen LogP contribution in [0.4, 0.5) is 0 Å². The van der Waals surface area contributed by atoms with E-state index in [1.54, 1.807) is 18.2 Å². The summed E-state index contributed by atoms with van der Waals surface area (Å²) in [5.74, 6) is -1.34. The van der Waals surface area contributed by atoms with Gasteiger partial charge in [-0.05, 0) is 36.8 Å². The first-order valence-electron chi connectivity index (χ1n) is 7.06. The van der Waals surface area contributed by atoms with Crippen molar-refractivity contribution in [2.24, 2.45) is 0 Å². The minimum absolute atomic E-state index is 0.215. The predicted octanol–water partition coefficient (Wildman–Crippen LogP) is 3.10. The average Bonchev–Trinajstić information content (AvgIpc) is 2.79. The molecule has 3 aromatic rings. The summed E-state index contributed by atoms with van der Waals surface area (Å²) < 4.78 is 0. The van der Waals surface area contributed by atoms with Crippen LogP contribution in [-0.4, -0.2) is 21.5 Å². The summed E-state index contributed by atoms with van der Waals surface area (Å²) in [6, 6.07) is 12.9. The molecule has 0 bridgehead atoms. The van der Waals surface area contributed by atoms with E-state index in [2.05, 4.69) is 9.97 Å². The lowest BCUT2D eigenvalue weighted by atomic mass is 9.98. The number of Topliss-reactive ketones (excluding diaryl/α,β-unsaturated/α-hetero) is 2. The van der Waals surface area contributed by atoms with Gasteiger partial charge in [-0.25, -0.2) is 0 Å². The second-order valence-electron chi connectivity index (χ2n) is 5.49. The van der Waals surface area contributed by atoms with Crippen molar-refractivity contribution < 1.29 is 9.59 Å². The standard InChI is InChI=1S/C18H12N2O2/c1-10-4-5-11-6-7-13(20-14(11)9-10)15-17(21)12-3-2-8-19-16(12)18(15)22/h2-9,15H,1H3. The Bertz CT molecular complexity index is 912. The summed E-state index contributed by atoms with van der Waals surface area (Å²) in [7, 11) is 0. The van der Waals surface area contributed by atoms with Crippen LogP contribution in [0.2, 0.25) is 0 Å². The molecule has 2 aromatic heterocycles. The van der Waals surface area contributed by atoms with Crippen LogP contribution in [0.1, 0.15) is 38.0 Å². The Morgan fingerprint density at radius 2 is 1.82 bits per heavy atom. The van der Waals surface area contributed by atoms with E-state index in [1.807, 2.05) is 31.2 Å². The van der Waals surface area contributed by atoms with E-state index in [-0.39, 0.29) is 17.3 Å². The first-order valence-corrected chi connectivity index (χ1v) is 7.06. The van der Waals surface area contributed by atoms with Crippen molar-refractivity contribution in [2.45, 2.75) is 12.8 Å². The molecule has 106 valence electrons. The lowest BCUT2D eigenvalue weighted by molar-refractivity contribution is 0.0886. The Balaban J connectivity index is 1.86. The molecule has 1 unspecified atom stereocenters. The van der Waals surface area contributed by atoms with E-state index in [4.69, 9.17) is 0 Å². The second-order valence-corrected chi connectivity index (χ2v) is 5.49. The molecule has 0 N–H and O–H groups in total. The lowest BCUT2D eigenvalue weighted by Gasteiger charge is -2.08. The molecule has 0 spiro atoms. The minimum atomic E-state index is -0.866. The first kappa shape index (κ1) is 12.8. The van der Waals surface area contributed by atoms with Crippen molar-refractivity contribution in [1.29, 1.82) is 0 Å². The monoisotopic (exact) mass is 288 g/mol. The number of carbonyl (C=O) groups is 2. The van der Waals surface area contributed by atoms with E-state index in [0.29, 0.717) is 11.3 Å². The van der Waals surface area contributed by atoms with E-state index < -0.39 is 5.92 Å². The van der Waals surface area contributed by atoms with Crippen molar-refractivity contribution in [3.05, 3.63) is 71.2 Å². The Morgan fingerprint density at radius 1 is 1.00 bits per heavy atom. The van der Waals surface area contributed by atoms with Gasteiger partial charge in [0.25, 0.3) is 0 Å². The number of hydrogen-bond donors (Lipinski definition) is 0. The third kappa shape index (κ3) is 1.77. The molecule has 4 rings (SSSR count). The highest BCUT2D eigenvalue weighted by Crippen LogP contribution is 2.32. The minimum Gasteiger partial charge on any atom is -0.293 e. The number of fused-ring (bicyclic) bond motifs is 2. The van der Waals surface area contributed by atoms with Gasteiger partial charge in [0.05, 0.1) is 11.2 Å². The molecule has 4 nitrogen and oxygen atoms in total. The van der Waals surface area contributed by atoms with E-state index >= 15 is 0 Å². The van der Waals surface area contributed by atoms with Gasteiger partial charge < -0.3 is 0 Å². The largest absolute Gasteiger partial charge is 0.293 e. The number of rotatable bonds is 1. The third-order valence-corrected chi connectivity index (χ3v) is 4.00. The molecule has 0 fully saturated rings. The maximum atomic E-state index is 12.5. The van der Waals surface area contributed by atoms with Gasteiger partial charge in [-0.15, -0.1) is 0 Å². The van der Waals surface area contributed by atoms with Gasteiger partial charge in [0.15, 0.2) is 11.6 Å². The highest BCUT2D eigenvalue weighted by atomic mass is 16.2. The molecule has 1 aliphatic carbocycles. The average molecular weight is 288 g/mol. The number of aromatic nitrogens is 2. The number of ketones is 2. The van der Waals surface area contributed by atoms with Crippen LogP contribution in [-0.2, 0) is 0 Å². The second kappa shape index (κ2) is 4.56. The number of nitrogens with zero attached hydrogens (tertiary/aromatic N) is 2. The summed E-state index contributed by atoms with van der Waals surface area (Å²) in [4.78, 5) is 33.6. The van der Waals surface area contributed by atoms with Gasteiger partial charge in [-0.1, -0.05) is 18.2 Å². The highest BCUT2D eigenvalue weighted by molar-refractivity contribution is 6.28. The Kier molecular flexibility index (Phi) is 2.66. The van der Waals surface area contributed by atoms with Gasteiger partial charge in [-0.2, -0.15) is 0 Å². The summed E-state index contributed by atoms with van der Waals surface area (Å²) in [5.41, 5.74) is 3.02. The summed E-state index contributed by atoms with van der Waals surface area (Å²) in [6.07, 6.45) is 1.53. The number of hydrogen-bond acceptors (Lipinski definition) is 4. The smallest absolute Gasteiger partial charge is 0.198 e. The predicted molar refractivity (Wildman–Crippen MR) is 82.1 cm³/mol. The SMILES string of the molecule is Cc1ccc2ccc(C3C(=O)c4cccnc4C3=O)nc2c1. The van der Waals surface area contributed by atoms with E-state index in [1.165, 1.54) is 6.20 Å². The maximum Gasteiger partial charge on any atom is 0.198 e. The molecule has 2 heterocycles. The zero-order chi connectivity index (χ0) is 15.3. The molecule has 1 atom stereocenters. The van der Waals surface area contributed by atoms with E-state index in [9.17, 15) is 9.59 Å². The van der Waals surface area contributed by atoms with Crippen LogP contribution >= 0.6 is 0 Å². The van der Waals surface area contributed by atoms with Crippen LogP contribution in [0, 0.1) is 6.92 Å². The molecule has 0 aliphatic heterocycles. The zero-order valence-corrected chi connectivity index (χ0v) is 11.9. The van der Waals surface area contributed by atoms with Crippen LogP contribution in [0.5, 0.6) is 0 Å². The molecule has 0 saturated carbocycles. The van der Waals surface area contributed by atoms with Crippen LogP contribution < -0.4 is 0 Å². The van der Waals surface area contributed by atoms with Gasteiger partial charge in [-0.3, -0.25) is 19.6 Å². The molecular formula is C18H12N2O2. The molecule has 0 radical (unpaired) electrons. The number of aryl methyl sites for hydroxylation is 1. The normalized spacial score (nSPS) is 17.0. The first-order chi connectivity index (χ1) is 10.6. The molecule has 4 heteroatoms. The number of pyridine rings is 2. The topological polar surface area (TPSA) is 59.9 Å². The van der Waals surface area contributed by atoms with Crippen molar-refractivity contribution in [3.8, 4) is 0 Å². The van der Waals surface area contributed by atoms with Crippen molar-refractivity contribution in [3.63, 3.8) is 0 Å².